The molecule has 2 atom stereocenters. The summed E-state index contributed by atoms with van der Waals surface area (Å²) in [6.45, 7) is 5.04. The van der Waals surface area contributed by atoms with Crippen LogP contribution in [0.4, 0.5) is 0 Å². The van der Waals surface area contributed by atoms with E-state index in [9.17, 15) is 9.90 Å². The van der Waals surface area contributed by atoms with Crippen LogP contribution in [0.3, 0.4) is 0 Å². The summed E-state index contributed by atoms with van der Waals surface area (Å²) >= 11 is 1.91. The fourth-order valence-corrected chi connectivity index (χ4v) is 3.52. The number of carboxylic acid groups (broad SMARTS) is 1. The van der Waals surface area contributed by atoms with Gasteiger partial charge in [0, 0.05) is 0 Å². The lowest BCUT2D eigenvalue weighted by molar-refractivity contribution is -0.146. The third kappa shape index (κ3) is 3.62. The Morgan fingerprint density at radius 2 is 2.29 bits per heavy atom. The molecule has 0 spiro atoms. The van der Waals surface area contributed by atoms with Crippen LogP contribution >= 0.6 is 11.8 Å². The average Bonchev–Trinajstić information content (AvgIpc) is 2.71. The van der Waals surface area contributed by atoms with Gasteiger partial charge in [-0.2, -0.15) is 11.8 Å². The molecule has 1 aliphatic rings. The predicted molar refractivity (Wildman–Crippen MR) is 73.6 cm³/mol. The molecule has 2 N–H and O–H groups in total. The van der Waals surface area contributed by atoms with Gasteiger partial charge in [0.1, 0.15) is 5.54 Å². The lowest BCUT2D eigenvalue weighted by atomic mass is 9.85. The molecule has 17 heavy (non-hydrogen) atoms. The third-order valence-corrected chi connectivity index (χ3v) is 4.64. The minimum atomic E-state index is -0.644. The molecule has 0 aromatic carbocycles. The van der Waals surface area contributed by atoms with E-state index in [1.807, 2.05) is 11.8 Å². The second-order valence-corrected chi connectivity index (χ2v) is 6.17. The number of carbonyl (C=O) groups is 1. The third-order valence-electron chi connectivity index (χ3n) is 3.71. The first-order valence-corrected chi connectivity index (χ1v) is 7.89. The molecule has 1 aliphatic carbocycles. The summed E-state index contributed by atoms with van der Waals surface area (Å²) in [4.78, 5) is 11.6. The van der Waals surface area contributed by atoms with Gasteiger partial charge in [0.15, 0.2) is 0 Å². The maximum Gasteiger partial charge on any atom is 0.324 e. The fraction of sp³-hybridized carbons (Fsp3) is 0.923. The molecule has 2 unspecified atom stereocenters. The molecule has 3 nitrogen and oxygen atoms in total. The van der Waals surface area contributed by atoms with Gasteiger partial charge in [-0.05, 0) is 49.7 Å². The van der Waals surface area contributed by atoms with E-state index >= 15 is 0 Å². The molecule has 0 aromatic heterocycles. The van der Waals surface area contributed by atoms with Crippen LogP contribution in [-0.4, -0.2) is 34.7 Å². The first-order chi connectivity index (χ1) is 8.17. The van der Waals surface area contributed by atoms with Gasteiger partial charge in [0.2, 0.25) is 0 Å². The molecule has 4 heteroatoms. The Morgan fingerprint density at radius 1 is 1.53 bits per heavy atom. The number of nitrogens with one attached hydrogen (secondary N) is 1. The maximum absolute atomic E-state index is 11.6. The normalized spacial score (nSPS) is 28.5. The van der Waals surface area contributed by atoms with Crippen LogP contribution in [0.5, 0.6) is 0 Å². The van der Waals surface area contributed by atoms with E-state index in [0.29, 0.717) is 5.92 Å². The van der Waals surface area contributed by atoms with Crippen molar-refractivity contribution in [3.63, 3.8) is 0 Å². The van der Waals surface area contributed by atoms with Crippen molar-refractivity contribution in [3.05, 3.63) is 0 Å². The smallest absolute Gasteiger partial charge is 0.324 e. The molecule has 1 rings (SSSR count). The van der Waals surface area contributed by atoms with Crippen LogP contribution in [0.1, 0.15) is 46.0 Å². The van der Waals surface area contributed by atoms with Gasteiger partial charge in [-0.3, -0.25) is 4.79 Å². The van der Waals surface area contributed by atoms with Crippen molar-refractivity contribution in [1.29, 1.82) is 0 Å². The number of aliphatic carboxylic acids is 1. The molecule has 0 heterocycles. The van der Waals surface area contributed by atoms with Crippen LogP contribution in [0, 0.1) is 5.92 Å². The monoisotopic (exact) mass is 259 g/mol. The van der Waals surface area contributed by atoms with Crippen molar-refractivity contribution >= 4 is 17.7 Å². The topological polar surface area (TPSA) is 49.3 Å². The number of hydrogen-bond acceptors (Lipinski definition) is 3. The highest BCUT2D eigenvalue weighted by Gasteiger charge is 2.48. The van der Waals surface area contributed by atoms with Gasteiger partial charge in [0.25, 0.3) is 0 Å². The summed E-state index contributed by atoms with van der Waals surface area (Å²) in [6, 6.07) is 0. The molecule has 1 fully saturated rings. The molecule has 0 amide bonds. The van der Waals surface area contributed by atoms with Crippen molar-refractivity contribution < 1.29 is 9.90 Å². The highest BCUT2D eigenvalue weighted by atomic mass is 32.2. The van der Waals surface area contributed by atoms with Crippen molar-refractivity contribution in [2.75, 3.05) is 18.1 Å². The highest BCUT2D eigenvalue weighted by molar-refractivity contribution is 7.99. The Balaban J connectivity index is 2.61. The van der Waals surface area contributed by atoms with Crippen LogP contribution in [0.2, 0.25) is 0 Å². The quantitative estimate of drug-likeness (QED) is 0.658. The predicted octanol–water partition coefficient (Wildman–Crippen LogP) is 2.75. The lowest BCUT2D eigenvalue weighted by Gasteiger charge is -2.32. The van der Waals surface area contributed by atoms with Crippen LogP contribution in [0.15, 0.2) is 0 Å². The number of hydrogen-bond donors (Lipinski definition) is 2. The Labute approximate surface area is 109 Å². The number of carboxylic acids is 1. The van der Waals surface area contributed by atoms with Crippen molar-refractivity contribution in [2.45, 2.75) is 51.5 Å². The minimum absolute atomic E-state index is 0.311. The van der Waals surface area contributed by atoms with Crippen LogP contribution in [0.25, 0.3) is 0 Å². The van der Waals surface area contributed by atoms with Gasteiger partial charge in [0.05, 0.1) is 0 Å². The lowest BCUT2D eigenvalue weighted by Crippen LogP contribution is -2.55. The van der Waals surface area contributed by atoms with E-state index in [0.717, 1.165) is 50.2 Å². The summed E-state index contributed by atoms with van der Waals surface area (Å²) < 4.78 is 0. The van der Waals surface area contributed by atoms with E-state index in [1.165, 1.54) is 0 Å². The fourth-order valence-electron chi connectivity index (χ4n) is 2.78. The molecule has 0 radical (unpaired) electrons. The van der Waals surface area contributed by atoms with E-state index in [4.69, 9.17) is 0 Å². The van der Waals surface area contributed by atoms with Gasteiger partial charge in [-0.15, -0.1) is 0 Å². The zero-order chi connectivity index (χ0) is 12.7. The minimum Gasteiger partial charge on any atom is -0.480 e. The molecule has 0 aromatic rings. The maximum atomic E-state index is 11.6. The first-order valence-electron chi connectivity index (χ1n) is 6.73. The number of rotatable bonds is 8. The summed E-state index contributed by atoms with van der Waals surface area (Å²) in [5, 5.41) is 12.9. The summed E-state index contributed by atoms with van der Waals surface area (Å²) in [7, 11) is 0. The van der Waals surface area contributed by atoms with Crippen LogP contribution in [-0.2, 0) is 4.79 Å². The Bertz CT molecular complexity index is 248. The van der Waals surface area contributed by atoms with E-state index in [1.54, 1.807) is 0 Å². The first kappa shape index (κ1) is 14.8. The van der Waals surface area contributed by atoms with Crippen molar-refractivity contribution in [2.24, 2.45) is 5.92 Å². The molecule has 1 saturated carbocycles. The van der Waals surface area contributed by atoms with Gasteiger partial charge < -0.3 is 10.4 Å². The Morgan fingerprint density at radius 3 is 2.88 bits per heavy atom. The summed E-state index contributed by atoms with van der Waals surface area (Å²) in [5.41, 5.74) is -0.635. The largest absolute Gasteiger partial charge is 0.480 e. The zero-order valence-corrected chi connectivity index (χ0v) is 11.8. The summed E-state index contributed by atoms with van der Waals surface area (Å²) in [6.07, 6.45) is 4.93. The molecule has 100 valence electrons. The van der Waals surface area contributed by atoms with Gasteiger partial charge in [-0.1, -0.05) is 20.3 Å². The van der Waals surface area contributed by atoms with Gasteiger partial charge >= 0.3 is 5.97 Å². The Kier molecular flexibility index (Phi) is 6.34. The molecule has 0 aliphatic heterocycles. The van der Waals surface area contributed by atoms with E-state index in [-0.39, 0.29) is 0 Å². The average molecular weight is 259 g/mol. The van der Waals surface area contributed by atoms with Crippen molar-refractivity contribution in [3.8, 4) is 0 Å². The number of thioether (sulfide) groups is 1. The second-order valence-electron chi connectivity index (χ2n) is 4.78. The molecule has 0 saturated heterocycles. The van der Waals surface area contributed by atoms with E-state index < -0.39 is 11.5 Å². The standard InChI is InChI=1S/C13H25NO2S/c1-3-9-14-13(12(15)16)8-5-6-11(13)7-10-17-4-2/h11,14H,3-10H2,1-2H3,(H,15,16). The highest BCUT2D eigenvalue weighted by Crippen LogP contribution is 2.38. The second kappa shape index (κ2) is 7.27. The molecular formula is C13H25NO2S. The van der Waals surface area contributed by atoms with Crippen LogP contribution < -0.4 is 5.32 Å². The zero-order valence-electron chi connectivity index (χ0n) is 11.0. The van der Waals surface area contributed by atoms with Crippen molar-refractivity contribution in [1.82, 2.24) is 5.32 Å². The molecular weight excluding hydrogens is 234 g/mol. The summed E-state index contributed by atoms with van der Waals surface area (Å²) in [5.74, 6) is 1.87. The molecule has 0 bridgehead atoms. The van der Waals surface area contributed by atoms with Gasteiger partial charge in [-0.25, -0.2) is 0 Å². The van der Waals surface area contributed by atoms with E-state index in [2.05, 4.69) is 19.2 Å². The SMILES string of the molecule is CCCNC1(C(=O)O)CCCC1CCSCC. The Hall–Kier alpha value is -0.220.